The molecule has 1 N–H and O–H groups in total. The zero-order valence-corrected chi connectivity index (χ0v) is 14.8. The maximum absolute atomic E-state index is 12.3. The van der Waals surface area contributed by atoms with Crippen LogP contribution in [0.1, 0.15) is 66.7 Å². The summed E-state index contributed by atoms with van der Waals surface area (Å²) in [5.41, 5.74) is -0.510. The molecular formula is C16H30ClNO3. The Morgan fingerprint density at radius 1 is 1.24 bits per heavy atom. The summed E-state index contributed by atoms with van der Waals surface area (Å²) < 4.78 is 5.47. The van der Waals surface area contributed by atoms with Crippen molar-refractivity contribution in [1.29, 1.82) is 0 Å². The van der Waals surface area contributed by atoms with Gasteiger partial charge in [0.2, 0.25) is 5.91 Å². The molecule has 0 unspecified atom stereocenters. The first-order chi connectivity index (χ1) is 9.75. The van der Waals surface area contributed by atoms with Gasteiger partial charge in [0.15, 0.2) is 0 Å². The zero-order valence-electron chi connectivity index (χ0n) is 14.0. The highest BCUT2D eigenvalue weighted by Crippen LogP contribution is 2.20. The third-order valence-corrected chi connectivity index (χ3v) is 3.39. The van der Waals surface area contributed by atoms with E-state index in [0.717, 1.165) is 12.8 Å². The van der Waals surface area contributed by atoms with Crippen LogP contribution in [-0.2, 0) is 14.3 Å². The molecule has 0 aliphatic rings. The Labute approximate surface area is 134 Å². The van der Waals surface area contributed by atoms with Crippen molar-refractivity contribution in [2.75, 3.05) is 5.88 Å². The van der Waals surface area contributed by atoms with E-state index in [1.54, 1.807) is 0 Å². The monoisotopic (exact) mass is 319 g/mol. The topological polar surface area (TPSA) is 55.4 Å². The number of carbonyl (C=O) groups excluding carboxylic acids is 2. The van der Waals surface area contributed by atoms with Crippen LogP contribution in [0.4, 0.5) is 0 Å². The summed E-state index contributed by atoms with van der Waals surface area (Å²) in [5, 5.41) is 2.97. The van der Waals surface area contributed by atoms with Crippen molar-refractivity contribution < 1.29 is 14.3 Å². The van der Waals surface area contributed by atoms with Crippen molar-refractivity contribution in [3.05, 3.63) is 0 Å². The van der Waals surface area contributed by atoms with Gasteiger partial charge in [-0.2, -0.15) is 0 Å². The summed E-state index contributed by atoms with van der Waals surface area (Å²) in [5.74, 6) is -0.115. The van der Waals surface area contributed by atoms with Crippen molar-refractivity contribution in [3.8, 4) is 0 Å². The fourth-order valence-electron chi connectivity index (χ4n) is 2.18. The van der Waals surface area contributed by atoms with Crippen LogP contribution in [0.3, 0.4) is 0 Å². The molecule has 0 saturated carbocycles. The molecule has 0 aromatic carbocycles. The molecule has 0 bridgehead atoms. The highest BCUT2D eigenvalue weighted by atomic mass is 35.5. The lowest BCUT2D eigenvalue weighted by molar-refractivity contribution is -0.161. The first-order valence-corrected chi connectivity index (χ1v) is 8.36. The summed E-state index contributed by atoms with van der Waals surface area (Å²) in [4.78, 5) is 24.2. The van der Waals surface area contributed by atoms with Crippen LogP contribution in [-0.4, -0.2) is 29.4 Å². The van der Waals surface area contributed by atoms with E-state index < -0.39 is 5.60 Å². The lowest BCUT2D eigenvalue weighted by Gasteiger charge is -2.29. The number of alkyl halides is 1. The minimum atomic E-state index is -0.510. The van der Waals surface area contributed by atoms with Crippen molar-refractivity contribution in [1.82, 2.24) is 5.32 Å². The van der Waals surface area contributed by atoms with Gasteiger partial charge in [0.05, 0.1) is 5.92 Å². The number of hydrogen-bond acceptors (Lipinski definition) is 3. The molecule has 0 aliphatic carbocycles. The molecule has 21 heavy (non-hydrogen) atoms. The molecule has 5 heteroatoms. The number of hydrogen-bond donors (Lipinski definition) is 1. The minimum Gasteiger partial charge on any atom is -0.460 e. The number of halogens is 1. The predicted molar refractivity (Wildman–Crippen MR) is 86.4 cm³/mol. The van der Waals surface area contributed by atoms with Gasteiger partial charge in [-0.05, 0) is 40.0 Å². The van der Waals surface area contributed by atoms with Crippen LogP contribution in [0.25, 0.3) is 0 Å². The molecule has 4 nitrogen and oxygen atoms in total. The summed E-state index contributed by atoms with van der Waals surface area (Å²) in [6, 6.07) is -0.169. The van der Waals surface area contributed by atoms with Crippen molar-refractivity contribution >= 4 is 23.5 Å². The van der Waals surface area contributed by atoms with E-state index in [1.165, 1.54) is 0 Å². The number of carbonyl (C=O) groups is 2. The second-order valence-electron chi connectivity index (χ2n) is 6.30. The number of esters is 1. The quantitative estimate of drug-likeness (QED) is 0.521. The average molecular weight is 320 g/mol. The van der Waals surface area contributed by atoms with Crippen LogP contribution in [0, 0.1) is 5.92 Å². The van der Waals surface area contributed by atoms with Gasteiger partial charge in [-0.25, -0.2) is 0 Å². The van der Waals surface area contributed by atoms with E-state index in [1.807, 2.05) is 34.6 Å². The molecule has 0 aromatic rings. The van der Waals surface area contributed by atoms with E-state index in [2.05, 4.69) is 5.32 Å². The first-order valence-electron chi connectivity index (χ1n) is 7.83. The van der Waals surface area contributed by atoms with Gasteiger partial charge in [-0.15, -0.1) is 11.6 Å². The van der Waals surface area contributed by atoms with Crippen molar-refractivity contribution in [2.24, 2.45) is 5.92 Å². The summed E-state index contributed by atoms with van der Waals surface area (Å²) in [7, 11) is 0. The van der Waals surface area contributed by atoms with Crippen molar-refractivity contribution in [2.45, 2.75) is 78.4 Å². The molecule has 0 spiro atoms. The van der Waals surface area contributed by atoms with Crippen LogP contribution in [0.5, 0.6) is 0 Å². The number of ether oxygens (including phenoxy) is 1. The zero-order chi connectivity index (χ0) is 16.5. The molecule has 0 aliphatic heterocycles. The molecule has 2 atom stereocenters. The summed E-state index contributed by atoms with van der Waals surface area (Å²) >= 11 is 5.60. The molecule has 1 amide bonds. The van der Waals surface area contributed by atoms with Crippen LogP contribution < -0.4 is 5.32 Å². The third kappa shape index (κ3) is 8.97. The fourth-order valence-corrected chi connectivity index (χ4v) is 2.32. The van der Waals surface area contributed by atoms with E-state index in [4.69, 9.17) is 16.3 Å². The Balaban J connectivity index is 4.78. The summed E-state index contributed by atoms with van der Waals surface area (Å²) in [6.07, 6.45) is 3.36. The second-order valence-corrected chi connectivity index (χ2v) is 6.68. The molecule has 0 saturated heterocycles. The third-order valence-electron chi connectivity index (χ3n) is 3.12. The molecule has 0 radical (unpaired) electrons. The van der Waals surface area contributed by atoms with Gasteiger partial charge in [0.25, 0.3) is 0 Å². The van der Waals surface area contributed by atoms with E-state index in [0.29, 0.717) is 25.1 Å². The van der Waals surface area contributed by atoms with Gasteiger partial charge in [-0.1, -0.05) is 20.3 Å². The van der Waals surface area contributed by atoms with Gasteiger partial charge in [-0.3, -0.25) is 9.59 Å². The molecule has 0 aromatic heterocycles. The van der Waals surface area contributed by atoms with Gasteiger partial charge < -0.3 is 10.1 Å². The Bertz CT molecular complexity index is 326. The Morgan fingerprint density at radius 3 is 2.29 bits per heavy atom. The predicted octanol–water partition coefficient (Wildman–Crippen LogP) is 3.66. The standard InChI is InChI=1S/C16H30ClNO3/c1-6-9-13(18-14(19)10-8-11-17)12(7-2)15(20)21-16(3,4)5/h12-13H,6-11H2,1-5H3,(H,18,19)/t12-,13-/m1/s1. The van der Waals surface area contributed by atoms with Crippen LogP contribution >= 0.6 is 11.6 Å². The lowest BCUT2D eigenvalue weighted by atomic mass is 9.92. The van der Waals surface area contributed by atoms with Crippen LogP contribution in [0.2, 0.25) is 0 Å². The number of nitrogens with one attached hydrogen (secondary N) is 1. The lowest BCUT2D eigenvalue weighted by Crippen LogP contribution is -2.45. The summed E-state index contributed by atoms with van der Waals surface area (Å²) in [6.45, 7) is 9.55. The second kappa shape index (κ2) is 10.0. The number of rotatable bonds is 9. The van der Waals surface area contributed by atoms with E-state index in [-0.39, 0.29) is 23.8 Å². The van der Waals surface area contributed by atoms with Crippen LogP contribution in [0.15, 0.2) is 0 Å². The van der Waals surface area contributed by atoms with Gasteiger partial charge >= 0.3 is 5.97 Å². The smallest absolute Gasteiger partial charge is 0.311 e. The normalized spacial score (nSPS) is 14.4. The van der Waals surface area contributed by atoms with Crippen molar-refractivity contribution in [3.63, 3.8) is 0 Å². The van der Waals surface area contributed by atoms with E-state index >= 15 is 0 Å². The molecule has 0 heterocycles. The molecular weight excluding hydrogens is 290 g/mol. The molecule has 0 fully saturated rings. The SMILES string of the molecule is CCC[C@@H](NC(=O)CCCCl)[C@@H](CC)C(=O)OC(C)(C)C. The molecule has 0 rings (SSSR count). The van der Waals surface area contributed by atoms with E-state index in [9.17, 15) is 9.59 Å². The Kier molecular flexibility index (Phi) is 9.67. The maximum Gasteiger partial charge on any atom is 0.311 e. The molecule has 124 valence electrons. The Hall–Kier alpha value is -0.770. The maximum atomic E-state index is 12.3. The van der Waals surface area contributed by atoms with Gasteiger partial charge in [0.1, 0.15) is 5.60 Å². The average Bonchev–Trinajstić information content (AvgIpc) is 2.35. The largest absolute Gasteiger partial charge is 0.460 e. The Morgan fingerprint density at radius 2 is 1.86 bits per heavy atom. The first kappa shape index (κ1) is 20.2. The number of amides is 1. The highest BCUT2D eigenvalue weighted by molar-refractivity contribution is 6.17. The fraction of sp³-hybridized carbons (Fsp3) is 0.875. The minimum absolute atomic E-state index is 0.0453. The van der Waals surface area contributed by atoms with Gasteiger partial charge in [0, 0.05) is 18.3 Å². The highest BCUT2D eigenvalue weighted by Gasteiger charge is 2.31.